The fourth-order valence-electron chi connectivity index (χ4n) is 3.33. The van der Waals surface area contributed by atoms with Crippen molar-refractivity contribution in [3.8, 4) is 0 Å². The molecule has 0 spiro atoms. The van der Waals surface area contributed by atoms with Crippen LogP contribution in [0.1, 0.15) is 44.1 Å². The van der Waals surface area contributed by atoms with Crippen molar-refractivity contribution in [1.82, 2.24) is 0 Å². The second-order valence-electron chi connectivity index (χ2n) is 5.78. The van der Waals surface area contributed by atoms with Crippen molar-refractivity contribution < 1.29 is 14.3 Å². The van der Waals surface area contributed by atoms with Crippen molar-refractivity contribution in [3.05, 3.63) is 35.6 Å². The lowest BCUT2D eigenvalue weighted by Gasteiger charge is -2.34. The molecule has 1 atom stereocenters. The number of aliphatic carboxylic acids is 1. The number of rotatable bonds is 5. The molecule has 0 saturated heterocycles. The fraction of sp³-hybridized carbons (Fsp3) is 0.562. The molecule has 1 aromatic carbocycles. The number of hydrogen-bond acceptors (Lipinski definition) is 2. The molecule has 1 aliphatic carbocycles. The minimum absolute atomic E-state index is 0.0697. The maximum absolute atomic E-state index is 14.1. The smallest absolute Gasteiger partial charge is 0.315 e. The van der Waals surface area contributed by atoms with E-state index in [4.69, 9.17) is 5.73 Å². The van der Waals surface area contributed by atoms with E-state index in [1.165, 1.54) is 12.5 Å². The molecule has 1 unspecified atom stereocenters. The predicted molar refractivity (Wildman–Crippen MR) is 76.0 cm³/mol. The van der Waals surface area contributed by atoms with Gasteiger partial charge in [0.15, 0.2) is 0 Å². The summed E-state index contributed by atoms with van der Waals surface area (Å²) in [6.07, 6.45) is 5.93. The number of hydrogen-bond donors (Lipinski definition) is 2. The molecule has 0 amide bonds. The molecular weight excluding hydrogens is 257 g/mol. The van der Waals surface area contributed by atoms with Crippen LogP contribution in [0.4, 0.5) is 4.39 Å². The van der Waals surface area contributed by atoms with Gasteiger partial charge in [-0.05, 0) is 18.4 Å². The first-order chi connectivity index (χ1) is 9.60. The van der Waals surface area contributed by atoms with Crippen LogP contribution in [0.5, 0.6) is 0 Å². The number of carbonyl (C=O) groups is 1. The molecule has 1 aromatic rings. The van der Waals surface area contributed by atoms with E-state index in [0.29, 0.717) is 12.3 Å². The first-order valence-corrected chi connectivity index (χ1v) is 7.28. The minimum Gasteiger partial charge on any atom is -0.481 e. The summed E-state index contributed by atoms with van der Waals surface area (Å²) in [5.74, 6) is -1.17. The average molecular weight is 279 g/mol. The predicted octanol–water partition coefficient (Wildman–Crippen LogP) is 3.08. The number of carboxylic acids is 1. The first-order valence-electron chi connectivity index (χ1n) is 7.28. The molecule has 0 aliphatic heterocycles. The Morgan fingerprint density at radius 1 is 1.30 bits per heavy atom. The van der Waals surface area contributed by atoms with Crippen molar-refractivity contribution in [2.24, 2.45) is 11.7 Å². The molecule has 1 aliphatic rings. The Morgan fingerprint density at radius 3 is 2.50 bits per heavy atom. The van der Waals surface area contributed by atoms with Gasteiger partial charge in [-0.25, -0.2) is 4.39 Å². The topological polar surface area (TPSA) is 63.3 Å². The lowest BCUT2D eigenvalue weighted by Crippen LogP contribution is -2.45. The third-order valence-electron chi connectivity index (χ3n) is 4.51. The summed E-state index contributed by atoms with van der Waals surface area (Å²) in [6, 6.07) is 6.11. The van der Waals surface area contributed by atoms with Crippen molar-refractivity contribution in [2.75, 3.05) is 6.54 Å². The van der Waals surface area contributed by atoms with Gasteiger partial charge < -0.3 is 10.8 Å². The minimum atomic E-state index is -1.30. The van der Waals surface area contributed by atoms with Crippen LogP contribution >= 0.6 is 0 Å². The van der Waals surface area contributed by atoms with Crippen LogP contribution in [0.3, 0.4) is 0 Å². The van der Waals surface area contributed by atoms with Gasteiger partial charge in [-0.3, -0.25) is 4.79 Å². The van der Waals surface area contributed by atoms with E-state index in [1.54, 1.807) is 18.2 Å². The van der Waals surface area contributed by atoms with Gasteiger partial charge in [-0.1, -0.05) is 50.3 Å². The molecule has 0 bridgehead atoms. The normalized spacial score (nSPS) is 19.5. The molecule has 3 nitrogen and oxygen atoms in total. The summed E-state index contributed by atoms with van der Waals surface area (Å²) in [5, 5.41) is 9.69. The van der Waals surface area contributed by atoms with Crippen LogP contribution in [0, 0.1) is 11.7 Å². The second kappa shape index (κ2) is 6.35. The maximum Gasteiger partial charge on any atom is 0.315 e. The first kappa shape index (κ1) is 15.0. The van der Waals surface area contributed by atoms with Crippen molar-refractivity contribution in [3.63, 3.8) is 0 Å². The summed E-state index contributed by atoms with van der Waals surface area (Å²) < 4.78 is 14.1. The third kappa shape index (κ3) is 2.85. The number of halogens is 1. The zero-order chi connectivity index (χ0) is 14.6. The molecule has 1 saturated carbocycles. The maximum atomic E-state index is 14.1. The molecule has 3 N–H and O–H groups in total. The molecule has 0 radical (unpaired) electrons. The molecule has 110 valence electrons. The summed E-state index contributed by atoms with van der Waals surface area (Å²) >= 11 is 0. The summed E-state index contributed by atoms with van der Waals surface area (Å²) in [5.41, 5.74) is 4.70. The van der Waals surface area contributed by atoms with E-state index in [0.717, 1.165) is 25.7 Å². The van der Waals surface area contributed by atoms with E-state index in [-0.39, 0.29) is 12.1 Å². The van der Waals surface area contributed by atoms with Gasteiger partial charge in [-0.2, -0.15) is 0 Å². The van der Waals surface area contributed by atoms with Crippen LogP contribution in [0.25, 0.3) is 0 Å². The lowest BCUT2D eigenvalue weighted by atomic mass is 9.70. The molecule has 2 rings (SSSR count). The van der Waals surface area contributed by atoms with Gasteiger partial charge in [0.2, 0.25) is 0 Å². The molecular formula is C16H22FNO2. The molecule has 0 aromatic heterocycles. The molecule has 20 heavy (non-hydrogen) atoms. The Labute approximate surface area is 119 Å². The number of benzene rings is 1. The van der Waals surface area contributed by atoms with Gasteiger partial charge in [0, 0.05) is 12.1 Å². The summed E-state index contributed by atoms with van der Waals surface area (Å²) in [4.78, 5) is 11.8. The zero-order valence-electron chi connectivity index (χ0n) is 11.6. The van der Waals surface area contributed by atoms with Gasteiger partial charge in [-0.15, -0.1) is 0 Å². The van der Waals surface area contributed by atoms with Gasteiger partial charge in [0.1, 0.15) is 11.2 Å². The Bertz CT molecular complexity index is 471. The SMILES string of the molecule is NCC(CC1CCCCC1)(C(=O)O)c1ccccc1F. The van der Waals surface area contributed by atoms with Crippen LogP contribution in [-0.2, 0) is 10.2 Å². The molecule has 0 heterocycles. The van der Waals surface area contributed by atoms with Crippen molar-refractivity contribution in [2.45, 2.75) is 43.9 Å². The van der Waals surface area contributed by atoms with E-state index >= 15 is 0 Å². The van der Waals surface area contributed by atoms with Gasteiger partial charge in [0.25, 0.3) is 0 Å². The van der Waals surface area contributed by atoms with Gasteiger partial charge >= 0.3 is 5.97 Å². The van der Waals surface area contributed by atoms with Gasteiger partial charge in [0.05, 0.1) is 0 Å². The summed E-state index contributed by atoms with van der Waals surface area (Å²) in [6.45, 7) is -0.0697. The van der Waals surface area contributed by atoms with E-state index in [2.05, 4.69) is 0 Å². The number of carboxylic acid groups (broad SMARTS) is 1. The zero-order valence-corrected chi connectivity index (χ0v) is 11.6. The van der Waals surface area contributed by atoms with Crippen LogP contribution in [0.15, 0.2) is 24.3 Å². The monoisotopic (exact) mass is 279 g/mol. The number of nitrogens with two attached hydrogens (primary N) is 1. The van der Waals surface area contributed by atoms with Crippen LogP contribution in [0.2, 0.25) is 0 Å². The highest BCUT2D eigenvalue weighted by atomic mass is 19.1. The second-order valence-corrected chi connectivity index (χ2v) is 5.78. The highest BCUT2D eigenvalue weighted by Crippen LogP contribution is 2.38. The van der Waals surface area contributed by atoms with E-state index < -0.39 is 17.2 Å². The van der Waals surface area contributed by atoms with Crippen LogP contribution < -0.4 is 5.73 Å². The Balaban J connectivity index is 2.34. The lowest BCUT2D eigenvalue weighted by molar-refractivity contribution is -0.144. The standard InChI is InChI=1S/C16H22FNO2/c17-14-9-5-4-8-13(14)16(11-18,15(19)20)10-12-6-2-1-3-7-12/h4-5,8-9,12H,1-3,6-7,10-11,18H2,(H,19,20). The largest absolute Gasteiger partial charge is 0.481 e. The highest BCUT2D eigenvalue weighted by Gasteiger charge is 2.43. The quantitative estimate of drug-likeness (QED) is 0.870. The third-order valence-corrected chi connectivity index (χ3v) is 4.51. The van der Waals surface area contributed by atoms with Crippen LogP contribution in [-0.4, -0.2) is 17.6 Å². The highest BCUT2D eigenvalue weighted by molar-refractivity contribution is 5.82. The fourth-order valence-corrected chi connectivity index (χ4v) is 3.33. The average Bonchev–Trinajstić information content (AvgIpc) is 2.46. The Morgan fingerprint density at radius 2 is 1.95 bits per heavy atom. The van der Waals surface area contributed by atoms with E-state index in [1.807, 2.05) is 0 Å². The Hall–Kier alpha value is -1.42. The van der Waals surface area contributed by atoms with Crippen molar-refractivity contribution >= 4 is 5.97 Å². The Kier molecular flexibility index (Phi) is 4.76. The summed E-state index contributed by atoms with van der Waals surface area (Å²) in [7, 11) is 0. The molecule has 4 heteroatoms. The van der Waals surface area contributed by atoms with Crippen molar-refractivity contribution in [1.29, 1.82) is 0 Å². The van der Waals surface area contributed by atoms with E-state index in [9.17, 15) is 14.3 Å². The molecule has 1 fully saturated rings.